The Morgan fingerprint density at radius 3 is 2.23 bits per heavy atom. The number of hydrogen-bond acceptors (Lipinski definition) is 3. The Morgan fingerprint density at radius 2 is 1.69 bits per heavy atom. The van der Waals surface area contributed by atoms with E-state index in [4.69, 9.17) is 5.73 Å². The fraction of sp³-hybridized carbons (Fsp3) is 0.556. The van der Waals surface area contributed by atoms with Crippen LogP contribution in [0.5, 0.6) is 0 Å². The number of nitrogens with two attached hydrogens (primary N) is 1. The molecule has 0 aliphatic carbocycles. The smallest absolute Gasteiger partial charge is 0.338 e. The van der Waals surface area contributed by atoms with Gasteiger partial charge in [0.05, 0.1) is 11.1 Å². The Bertz CT molecular complexity index is 666. The molecule has 2 rings (SSSR count). The lowest BCUT2D eigenvalue weighted by atomic mass is 9.95. The van der Waals surface area contributed by atoms with Crippen LogP contribution in [0.3, 0.4) is 0 Å². The molecule has 0 spiro atoms. The summed E-state index contributed by atoms with van der Waals surface area (Å²) in [5.74, 6) is -0.627. The highest BCUT2D eigenvalue weighted by Crippen LogP contribution is 2.29. The number of carbonyl (C=O) groups is 2. The quantitative estimate of drug-likeness (QED) is 0.884. The second-order valence-corrected chi connectivity index (χ2v) is 6.83. The average molecular weight is 371 g/mol. The van der Waals surface area contributed by atoms with Gasteiger partial charge in [0.15, 0.2) is 0 Å². The number of amides is 2. The van der Waals surface area contributed by atoms with Crippen molar-refractivity contribution in [3.63, 3.8) is 0 Å². The van der Waals surface area contributed by atoms with Crippen molar-refractivity contribution in [2.45, 2.75) is 38.4 Å². The summed E-state index contributed by atoms with van der Waals surface area (Å²) < 4.78 is 38.4. The van der Waals surface area contributed by atoms with E-state index in [-0.39, 0.29) is 24.6 Å². The molecule has 1 aromatic carbocycles. The Morgan fingerprint density at radius 1 is 1.12 bits per heavy atom. The van der Waals surface area contributed by atoms with Gasteiger partial charge in [0.2, 0.25) is 5.91 Å². The van der Waals surface area contributed by atoms with Crippen LogP contribution in [-0.4, -0.2) is 53.3 Å². The summed E-state index contributed by atoms with van der Waals surface area (Å²) in [4.78, 5) is 28.1. The van der Waals surface area contributed by atoms with Gasteiger partial charge in [-0.15, -0.1) is 0 Å². The van der Waals surface area contributed by atoms with Gasteiger partial charge < -0.3 is 15.5 Å². The summed E-state index contributed by atoms with van der Waals surface area (Å²) in [7, 11) is 0. The molecule has 0 saturated carbocycles. The monoisotopic (exact) mass is 371 g/mol. The highest BCUT2D eigenvalue weighted by Gasteiger charge is 2.35. The van der Waals surface area contributed by atoms with Crippen LogP contribution in [-0.2, 0) is 11.0 Å². The van der Waals surface area contributed by atoms with Crippen molar-refractivity contribution < 1.29 is 22.8 Å². The van der Waals surface area contributed by atoms with Crippen molar-refractivity contribution in [1.82, 2.24) is 9.80 Å². The minimum Gasteiger partial charge on any atom is -0.338 e. The Kier molecular flexibility index (Phi) is 5.95. The third-order valence-electron chi connectivity index (χ3n) is 4.55. The Labute approximate surface area is 150 Å². The van der Waals surface area contributed by atoms with Crippen LogP contribution >= 0.6 is 0 Å². The first kappa shape index (κ1) is 20.2. The molecule has 1 aromatic rings. The lowest BCUT2D eigenvalue weighted by Gasteiger charge is -2.38. The van der Waals surface area contributed by atoms with Gasteiger partial charge in [-0.1, -0.05) is 19.4 Å². The van der Waals surface area contributed by atoms with Crippen molar-refractivity contribution in [2.24, 2.45) is 5.73 Å². The van der Waals surface area contributed by atoms with Gasteiger partial charge in [-0.25, -0.2) is 0 Å². The van der Waals surface area contributed by atoms with Gasteiger partial charge in [0.25, 0.3) is 5.91 Å². The molecule has 1 heterocycles. The molecule has 0 aromatic heterocycles. The van der Waals surface area contributed by atoms with E-state index >= 15 is 0 Å². The predicted octanol–water partition coefficient (Wildman–Crippen LogP) is 2.51. The molecular weight excluding hydrogens is 347 g/mol. The van der Waals surface area contributed by atoms with E-state index in [1.807, 2.05) is 6.92 Å². The Balaban J connectivity index is 2.02. The fourth-order valence-corrected chi connectivity index (χ4v) is 3.11. The zero-order valence-electron chi connectivity index (χ0n) is 15.0. The number of rotatable bonds is 4. The molecule has 0 bridgehead atoms. The maximum absolute atomic E-state index is 12.8. The molecule has 2 amide bonds. The lowest BCUT2D eigenvalue weighted by molar-refractivity contribution is -0.138. The third kappa shape index (κ3) is 4.55. The second-order valence-electron chi connectivity index (χ2n) is 6.83. The normalized spacial score (nSPS) is 17.8. The maximum atomic E-state index is 12.8. The molecule has 144 valence electrons. The van der Waals surface area contributed by atoms with E-state index in [1.165, 1.54) is 17.0 Å². The van der Waals surface area contributed by atoms with E-state index in [0.717, 1.165) is 18.6 Å². The summed E-state index contributed by atoms with van der Waals surface area (Å²) in [6, 6.07) is 4.38. The molecule has 1 saturated heterocycles. The number of halogens is 3. The number of carbonyl (C=O) groups excluding carboxylic acids is 2. The topological polar surface area (TPSA) is 66.6 Å². The van der Waals surface area contributed by atoms with Gasteiger partial charge in [-0.2, -0.15) is 13.2 Å². The number of nitrogens with zero attached hydrogens (tertiary/aromatic N) is 2. The Hall–Kier alpha value is -2.09. The highest BCUT2D eigenvalue weighted by molar-refractivity contribution is 5.94. The molecule has 1 aliphatic heterocycles. The zero-order valence-corrected chi connectivity index (χ0v) is 15.0. The van der Waals surface area contributed by atoms with Crippen LogP contribution in [0.2, 0.25) is 0 Å². The van der Waals surface area contributed by atoms with Crippen LogP contribution in [0.1, 0.15) is 42.6 Å². The first-order valence-corrected chi connectivity index (χ1v) is 8.61. The zero-order chi connectivity index (χ0) is 19.5. The van der Waals surface area contributed by atoms with Crippen LogP contribution < -0.4 is 5.73 Å². The van der Waals surface area contributed by atoms with Crippen molar-refractivity contribution in [3.8, 4) is 0 Å². The SMILES string of the molecule is CCCC(C)(N)C(=O)N1CCN(C(=O)c2cccc(C(F)(F)F)c2)CC1. The third-order valence-corrected chi connectivity index (χ3v) is 4.55. The molecule has 2 N–H and O–H groups in total. The molecular formula is C18H24F3N3O2. The van der Waals surface area contributed by atoms with Crippen LogP contribution in [0, 0.1) is 0 Å². The number of benzene rings is 1. The van der Waals surface area contributed by atoms with E-state index in [9.17, 15) is 22.8 Å². The van der Waals surface area contributed by atoms with Gasteiger partial charge in [-0.3, -0.25) is 9.59 Å². The first-order valence-electron chi connectivity index (χ1n) is 8.61. The van der Waals surface area contributed by atoms with Gasteiger partial charge in [0.1, 0.15) is 0 Å². The van der Waals surface area contributed by atoms with Crippen LogP contribution in [0.4, 0.5) is 13.2 Å². The van der Waals surface area contributed by atoms with Gasteiger partial charge in [-0.05, 0) is 31.5 Å². The van der Waals surface area contributed by atoms with E-state index < -0.39 is 23.2 Å². The lowest BCUT2D eigenvalue weighted by Crippen LogP contribution is -2.58. The van der Waals surface area contributed by atoms with E-state index in [2.05, 4.69) is 0 Å². The summed E-state index contributed by atoms with van der Waals surface area (Å²) in [6.07, 6.45) is -3.14. The molecule has 8 heteroatoms. The summed E-state index contributed by atoms with van der Waals surface area (Å²) in [5, 5.41) is 0. The minimum atomic E-state index is -4.49. The number of alkyl halides is 3. The summed E-state index contributed by atoms with van der Waals surface area (Å²) in [6.45, 7) is 4.81. The molecule has 0 radical (unpaired) electrons. The fourth-order valence-electron chi connectivity index (χ4n) is 3.11. The first-order chi connectivity index (χ1) is 12.1. The summed E-state index contributed by atoms with van der Waals surface area (Å²) >= 11 is 0. The largest absolute Gasteiger partial charge is 0.416 e. The van der Waals surface area contributed by atoms with Crippen LogP contribution in [0.25, 0.3) is 0 Å². The minimum absolute atomic E-state index is 0.00533. The van der Waals surface area contributed by atoms with E-state index in [1.54, 1.807) is 11.8 Å². The van der Waals surface area contributed by atoms with Crippen molar-refractivity contribution in [1.29, 1.82) is 0 Å². The van der Waals surface area contributed by atoms with E-state index in [0.29, 0.717) is 19.5 Å². The van der Waals surface area contributed by atoms with Crippen LogP contribution in [0.15, 0.2) is 24.3 Å². The van der Waals surface area contributed by atoms with Gasteiger partial charge in [0, 0.05) is 31.7 Å². The summed E-state index contributed by atoms with van der Waals surface area (Å²) in [5.41, 5.74) is 4.27. The molecule has 5 nitrogen and oxygen atoms in total. The van der Waals surface area contributed by atoms with Crippen molar-refractivity contribution in [3.05, 3.63) is 35.4 Å². The average Bonchev–Trinajstić information content (AvgIpc) is 2.60. The maximum Gasteiger partial charge on any atom is 0.416 e. The molecule has 26 heavy (non-hydrogen) atoms. The predicted molar refractivity (Wildman–Crippen MR) is 91.4 cm³/mol. The number of piperazine rings is 1. The molecule has 1 fully saturated rings. The number of hydrogen-bond donors (Lipinski definition) is 1. The standard InChI is InChI=1S/C18H24F3N3O2/c1-3-7-17(2,22)16(26)24-10-8-23(9-11-24)15(25)13-5-4-6-14(12-13)18(19,20)21/h4-6,12H,3,7-11,22H2,1-2H3. The van der Waals surface area contributed by atoms with Crippen molar-refractivity contribution in [2.75, 3.05) is 26.2 Å². The second kappa shape index (κ2) is 7.65. The molecule has 1 atom stereocenters. The van der Waals surface area contributed by atoms with Crippen molar-refractivity contribution >= 4 is 11.8 Å². The highest BCUT2D eigenvalue weighted by atomic mass is 19.4. The molecule has 1 aliphatic rings. The van der Waals surface area contributed by atoms with Gasteiger partial charge >= 0.3 is 6.18 Å². The molecule has 1 unspecified atom stereocenters.